The van der Waals surface area contributed by atoms with Crippen molar-refractivity contribution in [2.75, 3.05) is 27.4 Å². The fourth-order valence-electron chi connectivity index (χ4n) is 5.28. The lowest BCUT2D eigenvalue weighted by molar-refractivity contribution is -0.0523. The first-order valence-corrected chi connectivity index (χ1v) is 19.3. The van der Waals surface area contributed by atoms with E-state index in [1.54, 1.807) is 26.4 Å². The van der Waals surface area contributed by atoms with E-state index in [1.807, 2.05) is 84.9 Å². The van der Waals surface area contributed by atoms with Crippen LogP contribution in [0.5, 0.6) is 11.5 Å². The maximum Gasteiger partial charge on any atom is 0.338 e. The number of ether oxygens (including phenoxy) is 4. The van der Waals surface area contributed by atoms with Gasteiger partial charge in [-0.25, -0.2) is 4.79 Å². The van der Waals surface area contributed by atoms with Gasteiger partial charge in [0.05, 0.1) is 26.4 Å². The van der Waals surface area contributed by atoms with E-state index in [9.17, 15) is 4.79 Å². The number of carbonyl (C=O) groups is 1. The van der Waals surface area contributed by atoms with Gasteiger partial charge in [0.25, 0.3) is 0 Å². The Hall–Kier alpha value is -3.91. The lowest BCUT2D eigenvalue weighted by atomic mass is 9.80. The van der Waals surface area contributed by atoms with Gasteiger partial charge in [0, 0.05) is 6.61 Å². The Bertz CT molecular complexity index is 1470. The molecule has 250 valence electrons. The van der Waals surface area contributed by atoms with Gasteiger partial charge in [0.15, 0.2) is 8.32 Å². The topological polar surface area (TPSA) is 63.2 Å². The summed E-state index contributed by atoms with van der Waals surface area (Å²) >= 11 is 0. The summed E-state index contributed by atoms with van der Waals surface area (Å²) < 4.78 is 30.7. The highest BCUT2D eigenvalue weighted by Crippen LogP contribution is 2.42. The van der Waals surface area contributed by atoms with Crippen molar-refractivity contribution in [3.05, 3.63) is 131 Å². The van der Waals surface area contributed by atoms with Crippen molar-refractivity contribution in [1.29, 1.82) is 0 Å². The van der Waals surface area contributed by atoms with Crippen molar-refractivity contribution >= 4 is 14.3 Å². The molecule has 1 atom stereocenters. The molecule has 0 saturated carbocycles. The van der Waals surface area contributed by atoms with E-state index in [4.69, 9.17) is 23.4 Å². The van der Waals surface area contributed by atoms with Gasteiger partial charge >= 0.3 is 5.97 Å². The van der Waals surface area contributed by atoms with Gasteiger partial charge in [-0.05, 0) is 90.5 Å². The van der Waals surface area contributed by atoms with Crippen molar-refractivity contribution < 1.29 is 28.2 Å². The van der Waals surface area contributed by atoms with E-state index < -0.39 is 20.0 Å². The molecule has 47 heavy (non-hydrogen) atoms. The van der Waals surface area contributed by atoms with Crippen molar-refractivity contribution in [1.82, 2.24) is 0 Å². The Morgan fingerprint density at radius 3 is 1.66 bits per heavy atom. The zero-order valence-electron chi connectivity index (χ0n) is 29.0. The molecule has 0 bridgehead atoms. The predicted octanol–water partition coefficient (Wildman–Crippen LogP) is 9.43. The molecule has 0 fully saturated rings. The van der Waals surface area contributed by atoms with E-state index in [0.717, 1.165) is 41.0 Å². The van der Waals surface area contributed by atoms with Crippen LogP contribution in [0, 0.1) is 0 Å². The number of methoxy groups -OCH3 is 2. The highest BCUT2D eigenvalue weighted by molar-refractivity contribution is 6.74. The van der Waals surface area contributed by atoms with Crippen LogP contribution in [-0.4, -0.2) is 47.8 Å². The number of rotatable bonds is 16. The van der Waals surface area contributed by atoms with Gasteiger partial charge < -0.3 is 23.4 Å². The molecule has 0 amide bonds. The smallest absolute Gasteiger partial charge is 0.338 e. The molecule has 0 saturated heterocycles. The fraction of sp³-hybridized carbons (Fsp3) is 0.375. The zero-order chi connectivity index (χ0) is 33.9. The predicted molar refractivity (Wildman–Crippen MR) is 191 cm³/mol. The third-order valence-electron chi connectivity index (χ3n) is 9.13. The molecule has 0 spiro atoms. The van der Waals surface area contributed by atoms with Gasteiger partial charge in [0.1, 0.15) is 23.2 Å². The molecule has 0 aliphatic heterocycles. The summed E-state index contributed by atoms with van der Waals surface area (Å²) in [6, 6.07) is 35.1. The minimum Gasteiger partial charge on any atom is -0.497 e. The van der Waals surface area contributed by atoms with Crippen molar-refractivity contribution in [2.45, 2.75) is 69.9 Å². The number of carbonyl (C=O) groups excluding carboxylic acids is 1. The quantitative estimate of drug-likeness (QED) is 0.0519. The number of hydrogen-bond acceptors (Lipinski definition) is 6. The van der Waals surface area contributed by atoms with E-state index in [1.165, 1.54) is 0 Å². The molecule has 0 heterocycles. The maximum absolute atomic E-state index is 13.3. The number of unbranched alkanes of at least 4 members (excludes halogenated alkanes) is 1. The second kappa shape index (κ2) is 16.3. The van der Waals surface area contributed by atoms with Crippen LogP contribution in [0.2, 0.25) is 18.1 Å². The van der Waals surface area contributed by atoms with Crippen molar-refractivity contribution in [2.24, 2.45) is 0 Å². The summed E-state index contributed by atoms with van der Waals surface area (Å²) in [5, 5.41) is 0.151. The average molecular weight is 655 g/mol. The van der Waals surface area contributed by atoms with Crippen LogP contribution in [0.1, 0.15) is 67.1 Å². The summed E-state index contributed by atoms with van der Waals surface area (Å²) in [5.74, 6) is 1.14. The lowest BCUT2D eigenvalue weighted by Crippen LogP contribution is -2.41. The molecule has 4 aromatic carbocycles. The molecule has 7 heteroatoms. The molecule has 0 aliphatic rings. The van der Waals surface area contributed by atoms with Crippen LogP contribution in [0.3, 0.4) is 0 Å². The third kappa shape index (κ3) is 9.13. The minimum atomic E-state index is -1.85. The summed E-state index contributed by atoms with van der Waals surface area (Å²) in [5.41, 5.74) is 2.30. The molecule has 4 rings (SSSR count). The van der Waals surface area contributed by atoms with Gasteiger partial charge in [-0.2, -0.15) is 0 Å². The molecule has 0 N–H and O–H groups in total. The van der Waals surface area contributed by atoms with Crippen molar-refractivity contribution in [3.8, 4) is 11.5 Å². The Kier molecular flexibility index (Phi) is 12.4. The maximum atomic E-state index is 13.3. The first-order chi connectivity index (χ1) is 22.5. The summed E-state index contributed by atoms with van der Waals surface area (Å²) in [4.78, 5) is 13.3. The first-order valence-electron chi connectivity index (χ1n) is 16.4. The average Bonchev–Trinajstić information content (AvgIpc) is 3.09. The molecule has 0 aromatic heterocycles. The van der Waals surface area contributed by atoms with Crippen LogP contribution >= 0.6 is 0 Å². The number of benzene rings is 4. The van der Waals surface area contributed by atoms with E-state index in [-0.39, 0.29) is 17.6 Å². The normalized spacial score (nSPS) is 12.7. The van der Waals surface area contributed by atoms with Gasteiger partial charge in [-0.1, -0.05) is 93.6 Å². The Morgan fingerprint density at radius 1 is 0.681 bits per heavy atom. The molecule has 0 aliphatic carbocycles. The van der Waals surface area contributed by atoms with Crippen LogP contribution in [-0.2, 0) is 19.5 Å². The van der Waals surface area contributed by atoms with Crippen LogP contribution in [0.15, 0.2) is 109 Å². The molecule has 4 aromatic rings. The minimum absolute atomic E-state index is 0.151. The fourth-order valence-corrected chi connectivity index (χ4v) is 6.37. The number of hydrogen-bond donors (Lipinski definition) is 0. The first kappa shape index (κ1) is 35.9. The molecular weight excluding hydrogens is 605 g/mol. The summed E-state index contributed by atoms with van der Waals surface area (Å²) in [6.45, 7) is 12.2. The largest absolute Gasteiger partial charge is 0.497 e. The summed E-state index contributed by atoms with van der Waals surface area (Å²) in [6.07, 6.45) is 1.84. The zero-order valence-corrected chi connectivity index (χ0v) is 30.0. The van der Waals surface area contributed by atoms with Gasteiger partial charge in [0.2, 0.25) is 0 Å². The number of esters is 1. The Labute approximate surface area is 282 Å². The second-order valence-electron chi connectivity index (χ2n) is 13.3. The van der Waals surface area contributed by atoms with Crippen LogP contribution in [0.25, 0.3) is 0 Å². The molecule has 6 nitrogen and oxygen atoms in total. The van der Waals surface area contributed by atoms with E-state index >= 15 is 0 Å². The van der Waals surface area contributed by atoms with Gasteiger partial charge in [-0.15, -0.1) is 0 Å². The van der Waals surface area contributed by atoms with E-state index in [2.05, 4.69) is 46.0 Å². The monoisotopic (exact) mass is 654 g/mol. The summed E-state index contributed by atoms with van der Waals surface area (Å²) in [7, 11) is 1.46. The highest BCUT2D eigenvalue weighted by Gasteiger charge is 2.39. The highest BCUT2D eigenvalue weighted by atomic mass is 28.4. The second-order valence-corrected chi connectivity index (χ2v) is 18.1. The lowest BCUT2D eigenvalue weighted by Gasteiger charge is -2.37. The SMILES string of the molecule is COc1ccc(C(OCC(CCCCO[Si](C)(C)C(C)(C)C)OC(=O)c2ccccc2)(c2ccccc2)c2ccc(OC)cc2)cc1. The van der Waals surface area contributed by atoms with Crippen LogP contribution in [0.4, 0.5) is 0 Å². The van der Waals surface area contributed by atoms with Gasteiger partial charge in [-0.3, -0.25) is 0 Å². The molecule has 1 unspecified atom stereocenters. The Balaban J connectivity index is 1.66. The molecular formula is C40H50O6Si. The third-order valence-corrected chi connectivity index (χ3v) is 13.7. The standard InChI is InChI=1S/C40H50O6Si/c1-39(2,3)47(6,7)45-29-15-14-20-37(46-38(41)31-16-10-8-11-17-31)30-44-40(32-18-12-9-13-19-32,33-21-25-35(42-4)26-22-33)34-23-27-36(43-5)28-24-34/h8-13,16-19,21-28,37H,14-15,20,29-30H2,1-7H3. The van der Waals surface area contributed by atoms with Crippen LogP contribution < -0.4 is 9.47 Å². The Morgan fingerprint density at radius 2 is 1.17 bits per heavy atom. The van der Waals surface area contributed by atoms with E-state index in [0.29, 0.717) is 18.6 Å². The molecule has 0 radical (unpaired) electrons. The van der Waals surface area contributed by atoms with Crippen molar-refractivity contribution in [3.63, 3.8) is 0 Å².